The van der Waals surface area contributed by atoms with Crippen LogP contribution in [0.3, 0.4) is 0 Å². The lowest BCUT2D eigenvalue weighted by atomic mass is 10.2. The molecule has 2 aromatic heterocycles. The van der Waals surface area contributed by atoms with E-state index in [1.165, 1.54) is 0 Å². The number of hydrogen-bond acceptors (Lipinski definition) is 5. The second kappa shape index (κ2) is 6.29. The molecule has 2 heterocycles. The highest BCUT2D eigenvalue weighted by Gasteiger charge is 2.06. The van der Waals surface area contributed by atoms with Crippen LogP contribution < -0.4 is 10.1 Å². The second-order valence-corrected chi connectivity index (χ2v) is 4.33. The van der Waals surface area contributed by atoms with E-state index in [9.17, 15) is 0 Å². The zero-order chi connectivity index (χ0) is 13.7. The van der Waals surface area contributed by atoms with E-state index in [1.807, 2.05) is 24.9 Å². The number of ether oxygens (including phenoxy) is 1. The van der Waals surface area contributed by atoms with Gasteiger partial charge in [0.2, 0.25) is 0 Å². The van der Waals surface area contributed by atoms with Crippen LogP contribution in [0.5, 0.6) is 11.8 Å². The molecule has 0 saturated carbocycles. The molecule has 2 rings (SSSR count). The summed E-state index contributed by atoms with van der Waals surface area (Å²) in [5.74, 6) is 0.661. The molecule has 0 atom stereocenters. The van der Waals surface area contributed by atoms with Crippen molar-refractivity contribution in [2.75, 3.05) is 7.05 Å². The van der Waals surface area contributed by atoms with Gasteiger partial charge in [0.05, 0.1) is 12.4 Å². The van der Waals surface area contributed by atoms with Gasteiger partial charge < -0.3 is 10.1 Å². The Morgan fingerprint density at radius 2 is 2.21 bits per heavy atom. The third kappa shape index (κ3) is 3.51. The fourth-order valence-corrected chi connectivity index (χ4v) is 1.74. The summed E-state index contributed by atoms with van der Waals surface area (Å²) in [6.07, 6.45) is 6.35. The van der Waals surface area contributed by atoms with Crippen LogP contribution in [0.2, 0.25) is 0 Å². The number of nitrogens with one attached hydrogen (secondary N) is 1. The van der Waals surface area contributed by atoms with Gasteiger partial charge in [0.15, 0.2) is 5.75 Å². The van der Waals surface area contributed by atoms with Crippen molar-refractivity contribution in [3.05, 3.63) is 29.8 Å². The average Bonchev–Trinajstić information content (AvgIpc) is 2.81. The molecular weight excluding hydrogens is 242 g/mol. The summed E-state index contributed by atoms with van der Waals surface area (Å²) >= 11 is 0. The van der Waals surface area contributed by atoms with Crippen LogP contribution in [-0.4, -0.2) is 26.8 Å². The normalized spacial score (nSPS) is 10.7. The molecule has 0 aliphatic rings. The summed E-state index contributed by atoms with van der Waals surface area (Å²) in [7, 11) is 1.89. The predicted octanol–water partition coefficient (Wildman–Crippen LogP) is 1.90. The molecule has 0 aliphatic carbocycles. The summed E-state index contributed by atoms with van der Waals surface area (Å²) < 4.78 is 7.44. The van der Waals surface area contributed by atoms with Gasteiger partial charge in [-0.1, -0.05) is 6.92 Å². The van der Waals surface area contributed by atoms with E-state index in [0.717, 1.165) is 30.8 Å². The number of hydrogen-bond donors (Lipinski definition) is 1. The van der Waals surface area contributed by atoms with Crippen LogP contribution in [0.1, 0.15) is 24.6 Å². The molecule has 0 amide bonds. The average molecular weight is 261 g/mol. The van der Waals surface area contributed by atoms with Gasteiger partial charge in [-0.2, -0.15) is 10.1 Å². The first-order valence-electron chi connectivity index (χ1n) is 6.40. The summed E-state index contributed by atoms with van der Waals surface area (Å²) in [5.41, 5.74) is 1.98. The van der Waals surface area contributed by atoms with Crippen molar-refractivity contribution >= 4 is 0 Å². The Labute approximate surface area is 112 Å². The largest absolute Gasteiger partial charge is 0.421 e. The molecular formula is C13H19N5O. The predicted molar refractivity (Wildman–Crippen MR) is 72.1 cm³/mol. The van der Waals surface area contributed by atoms with Crippen LogP contribution >= 0.6 is 0 Å². The van der Waals surface area contributed by atoms with Crippen molar-refractivity contribution in [1.29, 1.82) is 0 Å². The summed E-state index contributed by atoms with van der Waals surface area (Å²) in [5, 5.41) is 7.27. The van der Waals surface area contributed by atoms with Crippen LogP contribution in [0.4, 0.5) is 0 Å². The third-order valence-electron chi connectivity index (χ3n) is 2.70. The maximum absolute atomic E-state index is 5.59. The van der Waals surface area contributed by atoms with Crippen LogP contribution in [0.15, 0.2) is 18.6 Å². The quantitative estimate of drug-likeness (QED) is 0.860. The van der Waals surface area contributed by atoms with Gasteiger partial charge in [-0.15, -0.1) is 0 Å². The topological polar surface area (TPSA) is 64.9 Å². The Morgan fingerprint density at radius 1 is 1.37 bits per heavy atom. The summed E-state index contributed by atoms with van der Waals surface area (Å²) in [4.78, 5) is 8.53. The SMILES string of the molecule is CCCn1cc(Oc2ncc(CNC)c(C)n2)cn1. The molecule has 102 valence electrons. The third-order valence-corrected chi connectivity index (χ3v) is 2.70. The maximum atomic E-state index is 5.59. The minimum absolute atomic E-state index is 0.355. The van der Waals surface area contributed by atoms with E-state index in [4.69, 9.17) is 4.74 Å². The molecule has 1 N–H and O–H groups in total. The summed E-state index contributed by atoms with van der Waals surface area (Å²) in [6.45, 7) is 5.68. The zero-order valence-electron chi connectivity index (χ0n) is 11.6. The molecule has 0 radical (unpaired) electrons. The minimum Gasteiger partial charge on any atom is -0.421 e. The van der Waals surface area contributed by atoms with Crippen molar-refractivity contribution < 1.29 is 4.74 Å². The van der Waals surface area contributed by atoms with Crippen LogP contribution in [0.25, 0.3) is 0 Å². The zero-order valence-corrected chi connectivity index (χ0v) is 11.6. The standard InChI is InChI=1S/C13H19N5O/c1-4-5-18-9-12(8-16-18)19-13-15-7-11(6-14-3)10(2)17-13/h7-9,14H,4-6H2,1-3H3. The minimum atomic E-state index is 0.355. The van der Waals surface area contributed by atoms with E-state index in [0.29, 0.717) is 11.8 Å². The molecule has 6 nitrogen and oxygen atoms in total. The van der Waals surface area contributed by atoms with Gasteiger partial charge in [0.25, 0.3) is 0 Å². The maximum Gasteiger partial charge on any atom is 0.322 e. The molecule has 0 bridgehead atoms. The number of nitrogens with zero attached hydrogens (tertiary/aromatic N) is 4. The molecule has 6 heteroatoms. The van der Waals surface area contributed by atoms with Gasteiger partial charge in [-0.25, -0.2) is 4.98 Å². The lowest BCUT2D eigenvalue weighted by molar-refractivity contribution is 0.438. The van der Waals surface area contributed by atoms with E-state index < -0.39 is 0 Å². The lowest BCUT2D eigenvalue weighted by Gasteiger charge is -2.06. The Kier molecular flexibility index (Phi) is 4.46. The highest BCUT2D eigenvalue weighted by atomic mass is 16.5. The van der Waals surface area contributed by atoms with E-state index >= 15 is 0 Å². The number of aryl methyl sites for hydroxylation is 2. The molecule has 0 aromatic carbocycles. The molecule has 0 aliphatic heterocycles. The van der Waals surface area contributed by atoms with E-state index in [-0.39, 0.29) is 0 Å². The Bertz CT molecular complexity index is 538. The monoisotopic (exact) mass is 261 g/mol. The highest BCUT2D eigenvalue weighted by Crippen LogP contribution is 2.17. The first-order valence-corrected chi connectivity index (χ1v) is 6.40. The first-order chi connectivity index (χ1) is 9.22. The molecule has 0 unspecified atom stereocenters. The fraction of sp³-hybridized carbons (Fsp3) is 0.462. The van der Waals surface area contributed by atoms with Crippen molar-refractivity contribution in [2.24, 2.45) is 0 Å². The Hall–Kier alpha value is -1.95. The number of rotatable bonds is 6. The highest BCUT2D eigenvalue weighted by molar-refractivity contribution is 5.21. The van der Waals surface area contributed by atoms with Crippen molar-refractivity contribution in [3.8, 4) is 11.8 Å². The lowest BCUT2D eigenvalue weighted by Crippen LogP contribution is -2.08. The van der Waals surface area contributed by atoms with Crippen molar-refractivity contribution in [3.63, 3.8) is 0 Å². The van der Waals surface area contributed by atoms with Gasteiger partial charge in [-0.3, -0.25) is 4.68 Å². The molecule has 0 spiro atoms. The molecule has 2 aromatic rings. The molecule has 19 heavy (non-hydrogen) atoms. The van der Waals surface area contributed by atoms with Crippen molar-refractivity contribution in [2.45, 2.75) is 33.4 Å². The Morgan fingerprint density at radius 3 is 2.89 bits per heavy atom. The van der Waals surface area contributed by atoms with Gasteiger partial charge in [0, 0.05) is 30.5 Å². The molecule has 0 saturated heterocycles. The van der Waals surface area contributed by atoms with Crippen LogP contribution in [0, 0.1) is 6.92 Å². The first kappa shape index (κ1) is 13.5. The number of aromatic nitrogens is 4. The van der Waals surface area contributed by atoms with E-state index in [1.54, 1.807) is 12.4 Å². The van der Waals surface area contributed by atoms with Gasteiger partial charge in [-0.05, 0) is 20.4 Å². The molecule has 0 fully saturated rings. The van der Waals surface area contributed by atoms with Gasteiger partial charge >= 0.3 is 6.01 Å². The Balaban J connectivity index is 2.07. The van der Waals surface area contributed by atoms with E-state index in [2.05, 4.69) is 27.3 Å². The van der Waals surface area contributed by atoms with Gasteiger partial charge in [0.1, 0.15) is 0 Å². The smallest absolute Gasteiger partial charge is 0.322 e. The fourth-order valence-electron chi connectivity index (χ4n) is 1.74. The summed E-state index contributed by atoms with van der Waals surface area (Å²) in [6, 6.07) is 0.355. The second-order valence-electron chi connectivity index (χ2n) is 4.33. The van der Waals surface area contributed by atoms with Crippen LogP contribution in [-0.2, 0) is 13.1 Å². The van der Waals surface area contributed by atoms with Crippen molar-refractivity contribution in [1.82, 2.24) is 25.1 Å².